The molecule has 0 fully saturated rings. The third-order valence-corrected chi connectivity index (χ3v) is 6.40. The number of aromatic nitrogens is 2. The number of nitrogens with one attached hydrogen (secondary N) is 4. The molecule has 0 aliphatic heterocycles. The Bertz CT molecular complexity index is 1050. The van der Waals surface area contributed by atoms with Crippen molar-refractivity contribution in [1.82, 2.24) is 25.9 Å². The van der Waals surface area contributed by atoms with Gasteiger partial charge in [-0.2, -0.15) is 0 Å². The Labute approximate surface area is 234 Å². The van der Waals surface area contributed by atoms with Gasteiger partial charge in [-0.25, -0.2) is 9.78 Å². The number of aromatic amines is 1. The van der Waals surface area contributed by atoms with E-state index in [1.54, 1.807) is 24.3 Å². The number of nitrogens with two attached hydrogens (primary N) is 3. The van der Waals surface area contributed by atoms with Crippen molar-refractivity contribution in [2.45, 2.75) is 75.5 Å². The van der Waals surface area contributed by atoms with Crippen molar-refractivity contribution in [3.8, 4) is 0 Å². The molecular weight excluding hydrogens is 516 g/mol. The molecule has 13 nitrogen and oxygen atoms in total. The number of rotatable bonds is 19. The number of benzene rings is 1. The Balaban J connectivity index is 2.16. The molecule has 220 valence electrons. The minimum Gasteiger partial charge on any atom is -0.480 e. The summed E-state index contributed by atoms with van der Waals surface area (Å²) in [4.78, 5) is 58.2. The lowest BCUT2D eigenvalue weighted by atomic mass is 10.0. The minimum absolute atomic E-state index is 0.0753. The molecule has 0 bridgehead atoms. The van der Waals surface area contributed by atoms with Crippen LogP contribution in [-0.2, 0) is 32.0 Å². The highest BCUT2D eigenvalue weighted by Crippen LogP contribution is 2.08. The maximum Gasteiger partial charge on any atom is 0.326 e. The highest BCUT2D eigenvalue weighted by Gasteiger charge is 2.30. The number of carbonyl (C=O) groups excluding carboxylic acids is 3. The minimum atomic E-state index is -1.20. The zero-order chi connectivity index (χ0) is 29.3. The molecular formula is C27H42N8O5. The third kappa shape index (κ3) is 11.5. The summed E-state index contributed by atoms with van der Waals surface area (Å²) in [7, 11) is 0. The number of nitrogens with zero attached hydrogens (tertiary/aromatic N) is 1. The molecule has 13 heteroatoms. The first-order valence-electron chi connectivity index (χ1n) is 13.6. The highest BCUT2D eigenvalue weighted by molar-refractivity contribution is 5.94. The lowest BCUT2D eigenvalue weighted by Crippen LogP contribution is -2.57. The monoisotopic (exact) mass is 558 g/mol. The van der Waals surface area contributed by atoms with Crippen molar-refractivity contribution in [2.75, 3.05) is 13.1 Å². The third-order valence-electron chi connectivity index (χ3n) is 6.40. The van der Waals surface area contributed by atoms with Crippen molar-refractivity contribution in [2.24, 2.45) is 17.2 Å². The predicted octanol–water partition coefficient (Wildman–Crippen LogP) is -0.681. The van der Waals surface area contributed by atoms with E-state index in [2.05, 4.69) is 25.9 Å². The quantitative estimate of drug-likeness (QED) is 0.102. The van der Waals surface area contributed by atoms with Crippen molar-refractivity contribution >= 4 is 23.7 Å². The average Bonchev–Trinajstić information content (AvgIpc) is 3.45. The molecule has 0 aliphatic carbocycles. The molecule has 1 aromatic carbocycles. The van der Waals surface area contributed by atoms with Crippen molar-refractivity contribution in [1.29, 1.82) is 0 Å². The number of carbonyl (C=O) groups is 4. The first-order valence-corrected chi connectivity index (χ1v) is 13.6. The number of hydrogen-bond donors (Lipinski definition) is 8. The standard InChI is InChI=1S/C27H42N8O5/c28-12-6-4-10-20(30)24(36)34-22(15-19-16-31-17-32-19)26(38)33-21(11-5-7-13-29)25(37)35-23(27(39)40)14-18-8-2-1-3-9-18/h1-3,8-9,16-17,20-23H,4-7,10-15,28-30H2,(H,31,32)(H,33,38)(H,34,36)(H,35,37)(H,39,40). The number of carboxylic acid groups (broad SMARTS) is 1. The van der Waals surface area contributed by atoms with Crippen LogP contribution < -0.4 is 33.2 Å². The fraction of sp³-hybridized carbons (Fsp3) is 0.519. The van der Waals surface area contributed by atoms with E-state index < -0.39 is 47.9 Å². The van der Waals surface area contributed by atoms with Crippen LogP contribution in [0.15, 0.2) is 42.9 Å². The van der Waals surface area contributed by atoms with Crippen LogP contribution >= 0.6 is 0 Å². The molecule has 4 atom stereocenters. The van der Waals surface area contributed by atoms with Gasteiger partial charge in [0.15, 0.2) is 0 Å². The maximum atomic E-state index is 13.4. The number of unbranched alkanes of at least 4 members (excludes halogenated alkanes) is 2. The van der Waals surface area contributed by atoms with Crippen LogP contribution in [0.4, 0.5) is 0 Å². The maximum absolute atomic E-state index is 13.4. The van der Waals surface area contributed by atoms with Crippen molar-refractivity contribution in [3.05, 3.63) is 54.1 Å². The van der Waals surface area contributed by atoms with Crippen LogP contribution in [0, 0.1) is 0 Å². The fourth-order valence-electron chi connectivity index (χ4n) is 4.10. The molecule has 40 heavy (non-hydrogen) atoms. The van der Waals surface area contributed by atoms with Crippen LogP contribution in [0.25, 0.3) is 0 Å². The second-order valence-corrected chi connectivity index (χ2v) is 9.67. The summed E-state index contributed by atoms with van der Waals surface area (Å²) in [5.74, 6) is -2.95. The lowest BCUT2D eigenvalue weighted by Gasteiger charge is -2.25. The molecule has 1 heterocycles. The van der Waals surface area contributed by atoms with E-state index >= 15 is 0 Å². The molecule has 1 aromatic heterocycles. The largest absolute Gasteiger partial charge is 0.480 e. The highest BCUT2D eigenvalue weighted by atomic mass is 16.4. The summed E-state index contributed by atoms with van der Waals surface area (Å²) in [6.07, 6.45) is 6.29. The van der Waals surface area contributed by atoms with Crippen molar-refractivity contribution in [3.63, 3.8) is 0 Å². The first-order chi connectivity index (χ1) is 19.2. The van der Waals surface area contributed by atoms with Gasteiger partial charge in [0.1, 0.15) is 18.1 Å². The lowest BCUT2D eigenvalue weighted by molar-refractivity contribution is -0.142. The molecule has 0 radical (unpaired) electrons. The van der Waals surface area contributed by atoms with E-state index in [0.717, 1.165) is 12.0 Å². The number of amides is 3. The SMILES string of the molecule is NCCCCC(N)C(=O)NC(Cc1cnc[nH]1)C(=O)NC(CCCCN)C(=O)NC(Cc1ccccc1)C(=O)O. The van der Waals surface area contributed by atoms with E-state index in [1.807, 2.05) is 6.07 Å². The summed E-state index contributed by atoms with van der Waals surface area (Å²) < 4.78 is 0. The topological polar surface area (TPSA) is 231 Å². The normalized spacial score (nSPS) is 14.0. The summed E-state index contributed by atoms with van der Waals surface area (Å²) in [6, 6.07) is 4.78. The van der Waals surface area contributed by atoms with Gasteiger partial charge in [-0.15, -0.1) is 0 Å². The van der Waals surface area contributed by atoms with Crippen LogP contribution in [0.5, 0.6) is 0 Å². The van der Waals surface area contributed by atoms with Gasteiger partial charge >= 0.3 is 5.97 Å². The van der Waals surface area contributed by atoms with E-state index in [-0.39, 0.29) is 19.3 Å². The molecule has 0 saturated heterocycles. The Morgan fingerprint density at radius 2 is 1.40 bits per heavy atom. The molecule has 4 unspecified atom stereocenters. The average molecular weight is 559 g/mol. The Hall–Kier alpha value is -3.81. The summed E-state index contributed by atoms with van der Waals surface area (Å²) in [5.41, 5.74) is 18.5. The van der Waals surface area contributed by atoms with Gasteiger partial charge in [0, 0.05) is 24.7 Å². The Kier molecular flexibility index (Phi) is 14.3. The molecule has 3 amide bonds. The van der Waals surface area contributed by atoms with E-state index in [9.17, 15) is 24.3 Å². The smallest absolute Gasteiger partial charge is 0.326 e. The van der Waals surface area contributed by atoms with Crippen LogP contribution in [0.1, 0.15) is 49.8 Å². The molecule has 0 saturated carbocycles. The van der Waals surface area contributed by atoms with Gasteiger partial charge in [0.25, 0.3) is 0 Å². The number of aliphatic carboxylic acids is 1. The molecule has 2 rings (SSSR count). The van der Waals surface area contributed by atoms with Crippen LogP contribution in [0.2, 0.25) is 0 Å². The summed E-state index contributed by atoms with van der Waals surface area (Å²) >= 11 is 0. The zero-order valence-corrected chi connectivity index (χ0v) is 22.7. The van der Waals surface area contributed by atoms with Gasteiger partial charge in [0.2, 0.25) is 17.7 Å². The summed E-state index contributed by atoms with van der Waals surface area (Å²) in [5, 5.41) is 17.7. The second kappa shape index (κ2) is 17.7. The molecule has 2 aromatic rings. The number of hydrogen-bond acceptors (Lipinski definition) is 8. The number of carboxylic acids is 1. The Morgan fingerprint density at radius 1 is 0.800 bits per heavy atom. The second-order valence-electron chi connectivity index (χ2n) is 9.67. The van der Waals surface area contributed by atoms with Crippen molar-refractivity contribution < 1.29 is 24.3 Å². The van der Waals surface area contributed by atoms with E-state index in [1.165, 1.54) is 12.5 Å². The van der Waals surface area contributed by atoms with Gasteiger partial charge < -0.3 is 43.2 Å². The predicted molar refractivity (Wildman–Crippen MR) is 150 cm³/mol. The Morgan fingerprint density at radius 3 is 2.00 bits per heavy atom. The van der Waals surface area contributed by atoms with Gasteiger partial charge in [-0.05, 0) is 50.8 Å². The number of imidazole rings is 1. The van der Waals surface area contributed by atoms with E-state index in [4.69, 9.17) is 17.2 Å². The fourth-order valence-corrected chi connectivity index (χ4v) is 4.10. The number of H-pyrrole nitrogens is 1. The van der Waals surface area contributed by atoms with Gasteiger partial charge in [-0.3, -0.25) is 14.4 Å². The van der Waals surface area contributed by atoms with Crippen LogP contribution in [-0.4, -0.2) is 76.0 Å². The first kappa shape index (κ1) is 32.4. The van der Waals surface area contributed by atoms with E-state index in [0.29, 0.717) is 44.5 Å². The van der Waals surface area contributed by atoms with Crippen LogP contribution in [0.3, 0.4) is 0 Å². The zero-order valence-electron chi connectivity index (χ0n) is 22.7. The van der Waals surface area contributed by atoms with Gasteiger partial charge in [0.05, 0.1) is 12.4 Å². The molecule has 11 N–H and O–H groups in total. The molecule has 0 spiro atoms. The molecule has 0 aliphatic rings. The van der Waals surface area contributed by atoms with Gasteiger partial charge in [-0.1, -0.05) is 36.8 Å². The summed E-state index contributed by atoms with van der Waals surface area (Å²) in [6.45, 7) is 0.884.